The van der Waals surface area contributed by atoms with Crippen molar-refractivity contribution in [3.63, 3.8) is 0 Å². The summed E-state index contributed by atoms with van der Waals surface area (Å²) in [5.74, 6) is 0.842. The Morgan fingerprint density at radius 2 is 2.32 bits per heavy atom. The van der Waals surface area contributed by atoms with E-state index < -0.39 is 0 Å². The average molecular weight is 256 g/mol. The van der Waals surface area contributed by atoms with Gasteiger partial charge in [0.05, 0.1) is 0 Å². The quantitative estimate of drug-likeness (QED) is 0.882. The van der Waals surface area contributed by atoms with Crippen molar-refractivity contribution in [2.75, 3.05) is 17.2 Å². The number of aromatic nitrogens is 2. The van der Waals surface area contributed by atoms with E-state index in [9.17, 15) is 4.79 Å². The summed E-state index contributed by atoms with van der Waals surface area (Å²) in [6.07, 6.45) is 2.28. The van der Waals surface area contributed by atoms with Gasteiger partial charge >= 0.3 is 0 Å². The molecule has 2 N–H and O–H groups in total. The Balaban J connectivity index is 1.65. The van der Waals surface area contributed by atoms with Gasteiger partial charge in [-0.25, -0.2) is 0 Å². The van der Waals surface area contributed by atoms with Gasteiger partial charge in [0, 0.05) is 43.9 Å². The summed E-state index contributed by atoms with van der Waals surface area (Å²) in [6.45, 7) is 0.814. The molecule has 1 aliphatic rings. The number of nitrogens with one attached hydrogen (secondary N) is 2. The first-order chi connectivity index (χ1) is 9.22. The Bertz CT molecular complexity index is 605. The summed E-state index contributed by atoms with van der Waals surface area (Å²) in [7, 11) is 1.83. The highest BCUT2D eigenvalue weighted by Crippen LogP contribution is 2.33. The maximum atomic E-state index is 12.0. The third-order valence-electron chi connectivity index (χ3n) is 3.35. The first-order valence-corrected chi connectivity index (χ1v) is 6.34. The first kappa shape index (κ1) is 11.8. The molecule has 0 radical (unpaired) electrons. The number of nitrogens with zero attached hydrogens (tertiary/aromatic N) is 2. The van der Waals surface area contributed by atoms with Crippen molar-refractivity contribution in [3.8, 4) is 0 Å². The molecule has 0 saturated carbocycles. The molecule has 0 bridgehead atoms. The number of hydrogen-bond acceptors (Lipinski definition) is 3. The van der Waals surface area contributed by atoms with Crippen LogP contribution in [0, 0.1) is 0 Å². The average Bonchev–Trinajstić information content (AvgIpc) is 2.97. The van der Waals surface area contributed by atoms with Crippen molar-refractivity contribution in [3.05, 3.63) is 42.1 Å². The minimum absolute atomic E-state index is 0.00204. The maximum absolute atomic E-state index is 12.0. The highest BCUT2D eigenvalue weighted by atomic mass is 16.1. The number of anilines is 2. The summed E-state index contributed by atoms with van der Waals surface area (Å²) in [5.41, 5.74) is 2.36. The normalized spacial score (nSPS) is 16.8. The van der Waals surface area contributed by atoms with Gasteiger partial charge in [-0.15, -0.1) is 0 Å². The molecule has 1 aromatic heterocycles. The highest BCUT2D eigenvalue weighted by Gasteiger charge is 2.24. The molecule has 1 unspecified atom stereocenters. The zero-order valence-corrected chi connectivity index (χ0v) is 10.8. The van der Waals surface area contributed by atoms with E-state index >= 15 is 0 Å². The van der Waals surface area contributed by atoms with Crippen LogP contribution in [0.2, 0.25) is 0 Å². The molecular formula is C14H16N4O. The zero-order valence-electron chi connectivity index (χ0n) is 10.8. The van der Waals surface area contributed by atoms with E-state index in [1.54, 1.807) is 10.7 Å². The van der Waals surface area contributed by atoms with Crippen LogP contribution in [-0.2, 0) is 11.8 Å². The summed E-state index contributed by atoms with van der Waals surface area (Å²) in [4.78, 5) is 12.0. The number of benzene rings is 1. The molecule has 0 aliphatic carbocycles. The number of fused-ring (bicyclic) bond motifs is 1. The van der Waals surface area contributed by atoms with Crippen LogP contribution in [-0.4, -0.2) is 22.2 Å². The van der Waals surface area contributed by atoms with Gasteiger partial charge in [0.25, 0.3) is 0 Å². The zero-order chi connectivity index (χ0) is 13.2. The van der Waals surface area contributed by atoms with Crippen molar-refractivity contribution >= 4 is 17.4 Å². The van der Waals surface area contributed by atoms with Gasteiger partial charge in [0.15, 0.2) is 5.82 Å². The monoisotopic (exact) mass is 256 g/mol. The molecule has 0 spiro atoms. The number of hydrogen-bond donors (Lipinski definition) is 2. The van der Waals surface area contributed by atoms with Crippen LogP contribution in [0.5, 0.6) is 0 Å². The fraction of sp³-hybridized carbons (Fsp3) is 0.286. The molecule has 2 aromatic rings. The molecule has 1 atom stereocenters. The van der Waals surface area contributed by atoms with Crippen LogP contribution in [0.3, 0.4) is 0 Å². The van der Waals surface area contributed by atoms with Crippen molar-refractivity contribution < 1.29 is 4.79 Å². The number of carbonyl (C=O) groups is 1. The second-order valence-electron chi connectivity index (χ2n) is 4.79. The Hall–Kier alpha value is -2.30. The lowest BCUT2D eigenvalue weighted by Gasteiger charge is -2.09. The van der Waals surface area contributed by atoms with E-state index in [2.05, 4.69) is 21.8 Å². The first-order valence-electron chi connectivity index (χ1n) is 6.34. The van der Waals surface area contributed by atoms with Gasteiger partial charge in [-0.05, 0) is 11.6 Å². The maximum Gasteiger partial charge on any atom is 0.226 e. The largest absolute Gasteiger partial charge is 0.384 e. The molecule has 98 valence electrons. The van der Waals surface area contributed by atoms with Crippen LogP contribution in [0.15, 0.2) is 36.5 Å². The fourth-order valence-corrected chi connectivity index (χ4v) is 2.44. The van der Waals surface area contributed by atoms with Gasteiger partial charge in [-0.3, -0.25) is 9.48 Å². The van der Waals surface area contributed by atoms with Crippen LogP contribution in [0.25, 0.3) is 0 Å². The molecule has 1 aromatic carbocycles. The number of aryl methyl sites for hydroxylation is 1. The molecule has 1 amide bonds. The summed E-state index contributed by atoms with van der Waals surface area (Å²) >= 11 is 0. The van der Waals surface area contributed by atoms with E-state index in [1.165, 1.54) is 5.56 Å². The Morgan fingerprint density at radius 1 is 1.47 bits per heavy atom. The molecule has 0 fully saturated rings. The molecule has 5 nitrogen and oxygen atoms in total. The van der Waals surface area contributed by atoms with Gasteiger partial charge in [-0.2, -0.15) is 5.10 Å². The van der Waals surface area contributed by atoms with E-state index in [1.807, 2.05) is 31.4 Å². The van der Waals surface area contributed by atoms with E-state index in [0.29, 0.717) is 12.2 Å². The number of amides is 1. The SMILES string of the molecule is Cn1ccc(NC(=O)CC2CNc3ccccc32)n1. The Labute approximate surface area is 111 Å². The lowest BCUT2D eigenvalue weighted by atomic mass is 9.98. The predicted octanol–water partition coefficient (Wildman–Crippen LogP) is 1.96. The third kappa shape index (κ3) is 2.45. The molecule has 1 aliphatic heterocycles. The Kier molecular flexibility index (Phi) is 2.95. The second-order valence-corrected chi connectivity index (χ2v) is 4.79. The number of rotatable bonds is 3. The predicted molar refractivity (Wildman–Crippen MR) is 74.1 cm³/mol. The minimum atomic E-state index is 0.00204. The molecule has 3 rings (SSSR count). The van der Waals surface area contributed by atoms with Crippen molar-refractivity contribution in [1.29, 1.82) is 0 Å². The number of para-hydroxylation sites is 1. The van der Waals surface area contributed by atoms with Gasteiger partial charge in [0.1, 0.15) is 0 Å². The van der Waals surface area contributed by atoms with Crippen molar-refractivity contribution in [2.24, 2.45) is 7.05 Å². The standard InChI is InChI=1S/C14H16N4O/c1-18-7-6-13(17-18)16-14(19)8-10-9-15-12-5-3-2-4-11(10)12/h2-7,10,15H,8-9H2,1H3,(H,16,17,19). The van der Waals surface area contributed by atoms with Crippen LogP contribution < -0.4 is 10.6 Å². The smallest absolute Gasteiger partial charge is 0.226 e. The topological polar surface area (TPSA) is 59.0 Å². The summed E-state index contributed by atoms with van der Waals surface area (Å²) in [6, 6.07) is 9.93. The lowest BCUT2D eigenvalue weighted by molar-refractivity contribution is -0.116. The minimum Gasteiger partial charge on any atom is -0.384 e. The van der Waals surface area contributed by atoms with Crippen LogP contribution >= 0.6 is 0 Å². The van der Waals surface area contributed by atoms with Crippen LogP contribution in [0.4, 0.5) is 11.5 Å². The lowest BCUT2D eigenvalue weighted by Crippen LogP contribution is -2.17. The summed E-state index contributed by atoms with van der Waals surface area (Å²) < 4.78 is 1.67. The molecular weight excluding hydrogens is 240 g/mol. The van der Waals surface area contributed by atoms with E-state index in [-0.39, 0.29) is 11.8 Å². The molecule has 2 heterocycles. The van der Waals surface area contributed by atoms with Gasteiger partial charge < -0.3 is 10.6 Å². The number of carbonyl (C=O) groups excluding carboxylic acids is 1. The fourth-order valence-electron chi connectivity index (χ4n) is 2.44. The highest BCUT2D eigenvalue weighted by molar-refractivity contribution is 5.90. The van der Waals surface area contributed by atoms with Gasteiger partial charge in [0.2, 0.25) is 5.91 Å². The second kappa shape index (κ2) is 4.76. The van der Waals surface area contributed by atoms with Gasteiger partial charge in [-0.1, -0.05) is 18.2 Å². The Morgan fingerprint density at radius 3 is 3.11 bits per heavy atom. The molecule has 0 saturated heterocycles. The van der Waals surface area contributed by atoms with Crippen molar-refractivity contribution in [2.45, 2.75) is 12.3 Å². The third-order valence-corrected chi connectivity index (χ3v) is 3.35. The van der Waals surface area contributed by atoms with Crippen molar-refractivity contribution in [1.82, 2.24) is 9.78 Å². The van der Waals surface area contributed by atoms with E-state index in [4.69, 9.17) is 0 Å². The van der Waals surface area contributed by atoms with Crippen LogP contribution in [0.1, 0.15) is 17.9 Å². The molecule has 19 heavy (non-hydrogen) atoms. The van der Waals surface area contributed by atoms with E-state index in [0.717, 1.165) is 12.2 Å². The summed E-state index contributed by atoms with van der Waals surface area (Å²) in [5, 5.41) is 10.3. The molecule has 5 heteroatoms.